The number of aliphatic carboxylic acids is 1. The highest BCUT2D eigenvalue weighted by atomic mass is 16.4. The summed E-state index contributed by atoms with van der Waals surface area (Å²) in [6.07, 6.45) is -0.471. The van der Waals surface area contributed by atoms with Crippen LogP contribution in [0.3, 0.4) is 0 Å². The van der Waals surface area contributed by atoms with Gasteiger partial charge in [0.25, 0.3) is 11.8 Å². The standard InChI is InChI=1S/C17H12NO5/c19-10(5-6-14(20)21)8-12-11-4-2-1-3-9(11)7-13-15(12)17(23)18-16(13)22/h1-4,7H,5-6,8H2,(H,20,21). The lowest BCUT2D eigenvalue weighted by Crippen LogP contribution is -2.13. The first-order valence-electron chi connectivity index (χ1n) is 7.06. The molecule has 1 heterocycles. The maximum Gasteiger partial charge on any atom is 0.303 e. The predicted molar refractivity (Wildman–Crippen MR) is 80.3 cm³/mol. The number of nitrogens with zero attached hydrogens (tertiary/aromatic N) is 1. The van der Waals surface area contributed by atoms with Crippen LogP contribution in [0.2, 0.25) is 0 Å². The van der Waals surface area contributed by atoms with Crippen molar-refractivity contribution in [2.24, 2.45) is 0 Å². The van der Waals surface area contributed by atoms with Crippen LogP contribution >= 0.6 is 0 Å². The molecule has 1 aliphatic rings. The van der Waals surface area contributed by atoms with E-state index in [9.17, 15) is 19.2 Å². The third kappa shape index (κ3) is 2.70. The molecule has 0 aromatic heterocycles. The molecule has 6 nitrogen and oxygen atoms in total. The molecule has 1 N–H and O–H groups in total. The second kappa shape index (κ2) is 5.64. The lowest BCUT2D eigenvalue weighted by atomic mass is 9.91. The number of benzene rings is 2. The van der Waals surface area contributed by atoms with Crippen LogP contribution in [0.5, 0.6) is 0 Å². The molecule has 0 spiro atoms. The topological polar surface area (TPSA) is 103 Å². The van der Waals surface area contributed by atoms with E-state index in [1.807, 2.05) is 0 Å². The summed E-state index contributed by atoms with van der Waals surface area (Å²) in [6.45, 7) is 0. The summed E-state index contributed by atoms with van der Waals surface area (Å²) in [7, 11) is 0. The summed E-state index contributed by atoms with van der Waals surface area (Å²) in [5.41, 5.74) is 0.820. The number of ketones is 1. The molecular weight excluding hydrogens is 298 g/mol. The van der Waals surface area contributed by atoms with Gasteiger partial charge in [0.05, 0.1) is 17.5 Å². The van der Waals surface area contributed by atoms with Gasteiger partial charge in [-0.25, -0.2) is 0 Å². The van der Waals surface area contributed by atoms with E-state index >= 15 is 0 Å². The minimum atomic E-state index is -1.05. The van der Waals surface area contributed by atoms with E-state index in [2.05, 4.69) is 5.32 Å². The minimum absolute atomic E-state index is 0.0918. The summed E-state index contributed by atoms with van der Waals surface area (Å²) in [5, 5.41) is 13.5. The molecule has 0 fully saturated rings. The molecule has 0 unspecified atom stereocenters. The first-order chi connectivity index (χ1) is 11.0. The van der Waals surface area contributed by atoms with Crippen molar-refractivity contribution in [3.63, 3.8) is 0 Å². The highest BCUT2D eigenvalue weighted by molar-refractivity contribution is 6.24. The highest BCUT2D eigenvalue weighted by Gasteiger charge is 2.33. The van der Waals surface area contributed by atoms with Crippen molar-refractivity contribution < 1.29 is 24.3 Å². The van der Waals surface area contributed by atoms with E-state index in [4.69, 9.17) is 5.11 Å². The first kappa shape index (κ1) is 14.9. The summed E-state index contributed by atoms with van der Waals surface area (Å²) in [4.78, 5) is 46.5. The van der Waals surface area contributed by atoms with Crippen LogP contribution in [-0.2, 0) is 16.0 Å². The molecule has 0 bridgehead atoms. The fraction of sp³-hybridized carbons (Fsp3) is 0.176. The van der Waals surface area contributed by atoms with Crippen LogP contribution < -0.4 is 5.32 Å². The quantitative estimate of drug-likeness (QED) is 0.847. The van der Waals surface area contributed by atoms with Crippen molar-refractivity contribution in [1.82, 2.24) is 5.32 Å². The summed E-state index contributed by atoms with van der Waals surface area (Å²) < 4.78 is 0. The van der Waals surface area contributed by atoms with Crippen LogP contribution in [0.15, 0.2) is 30.3 Å². The van der Waals surface area contributed by atoms with Crippen LogP contribution in [0, 0.1) is 0 Å². The molecule has 0 saturated heterocycles. The number of rotatable bonds is 5. The Hall–Kier alpha value is -3.02. The Kier molecular flexibility index (Phi) is 3.65. The van der Waals surface area contributed by atoms with E-state index < -0.39 is 17.8 Å². The maximum atomic E-state index is 12.1. The lowest BCUT2D eigenvalue weighted by molar-refractivity contribution is -0.138. The van der Waals surface area contributed by atoms with Crippen molar-refractivity contribution in [3.8, 4) is 0 Å². The van der Waals surface area contributed by atoms with Crippen molar-refractivity contribution >= 4 is 34.3 Å². The highest BCUT2D eigenvalue weighted by Crippen LogP contribution is 2.30. The van der Waals surface area contributed by atoms with Gasteiger partial charge in [-0.15, -0.1) is 0 Å². The number of carboxylic acids is 1. The van der Waals surface area contributed by atoms with E-state index in [0.29, 0.717) is 10.9 Å². The molecule has 2 aromatic carbocycles. The number of carbonyl (C=O) groups excluding carboxylic acids is 3. The molecule has 0 saturated carbocycles. The lowest BCUT2D eigenvalue weighted by Gasteiger charge is -2.10. The molecule has 23 heavy (non-hydrogen) atoms. The van der Waals surface area contributed by atoms with Crippen molar-refractivity contribution in [1.29, 1.82) is 0 Å². The van der Waals surface area contributed by atoms with Gasteiger partial charge in [-0.2, -0.15) is 5.32 Å². The summed E-state index contributed by atoms with van der Waals surface area (Å²) in [6, 6.07) is 8.73. The van der Waals surface area contributed by atoms with Crippen molar-refractivity contribution in [3.05, 3.63) is 47.0 Å². The van der Waals surface area contributed by atoms with Crippen molar-refractivity contribution in [2.75, 3.05) is 0 Å². The van der Waals surface area contributed by atoms with Gasteiger partial charge in [0.15, 0.2) is 0 Å². The molecule has 2 aromatic rings. The molecule has 1 radical (unpaired) electrons. The minimum Gasteiger partial charge on any atom is -0.481 e. The normalized spacial score (nSPS) is 13.0. The molecule has 2 amide bonds. The first-order valence-corrected chi connectivity index (χ1v) is 7.06. The van der Waals surface area contributed by atoms with E-state index in [1.165, 1.54) is 0 Å². The number of amides is 2. The van der Waals surface area contributed by atoms with Gasteiger partial charge in [-0.3, -0.25) is 19.2 Å². The fourth-order valence-corrected chi connectivity index (χ4v) is 2.76. The summed E-state index contributed by atoms with van der Waals surface area (Å²) in [5.74, 6) is -2.59. The smallest absolute Gasteiger partial charge is 0.303 e. The maximum absolute atomic E-state index is 12.1. The zero-order chi connectivity index (χ0) is 16.6. The number of hydrogen-bond acceptors (Lipinski definition) is 4. The third-order valence-electron chi connectivity index (χ3n) is 3.80. The zero-order valence-electron chi connectivity index (χ0n) is 12.0. The number of hydrogen-bond donors (Lipinski definition) is 1. The molecule has 115 valence electrons. The Morgan fingerprint density at radius 3 is 2.52 bits per heavy atom. The Balaban J connectivity index is 2.09. The average Bonchev–Trinajstić information content (AvgIpc) is 2.79. The monoisotopic (exact) mass is 310 g/mol. The number of fused-ring (bicyclic) bond motifs is 2. The van der Waals surface area contributed by atoms with E-state index in [0.717, 1.165) is 5.39 Å². The molecule has 3 rings (SSSR count). The molecule has 0 atom stereocenters. The Bertz CT molecular complexity index is 869. The number of carbonyl (C=O) groups is 4. The van der Waals surface area contributed by atoms with Gasteiger partial charge in [-0.1, -0.05) is 24.3 Å². The van der Waals surface area contributed by atoms with E-state index in [1.54, 1.807) is 30.3 Å². The van der Waals surface area contributed by atoms with Crippen LogP contribution in [0.4, 0.5) is 0 Å². The van der Waals surface area contributed by atoms with Gasteiger partial charge in [-0.05, 0) is 22.4 Å². The molecule has 6 heteroatoms. The second-order valence-corrected chi connectivity index (χ2v) is 5.33. The predicted octanol–water partition coefficient (Wildman–Crippen LogP) is 1.71. The Morgan fingerprint density at radius 1 is 1.04 bits per heavy atom. The zero-order valence-corrected chi connectivity index (χ0v) is 12.0. The van der Waals surface area contributed by atoms with Crippen LogP contribution in [0.1, 0.15) is 39.1 Å². The Labute approximate surface area is 131 Å². The third-order valence-corrected chi connectivity index (χ3v) is 3.80. The van der Waals surface area contributed by atoms with Crippen LogP contribution in [-0.4, -0.2) is 28.7 Å². The van der Waals surface area contributed by atoms with Gasteiger partial charge in [0.1, 0.15) is 5.78 Å². The van der Waals surface area contributed by atoms with Crippen LogP contribution in [0.25, 0.3) is 10.8 Å². The largest absolute Gasteiger partial charge is 0.481 e. The van der Waals surface area contributed by atoms with Gasteiger partial charge in [0, 0.05) is 12.8 Å². The number of carboxylic acid groups (broad SMARTS) is 1. The van der Waals surface area contributed by atoms with Gasteiger partial charge in [0.2, 0.25) is 0 Å². The molecular formula is C17H12NO5. The fourth-order valence-electron chi connectivity index (χ4n) is 2.76. The molecule has 1 aliphatic heterocycles. The second-order valence-electron chi connectivity index (χ2n) is 5.33. The Morgan fingerprint density at radius 2 is 1.78 bits per heavy atom. The molecule has 0 aliphatic carbocycles. The van der Waals surface area contributed by atoms with Gasteiger partial charge < -0.3 is 5.11 Å². The summed E-state index contributed by atoms with van der Waals surface area (Å²) >= 11 is 0. The number of imide groups is 1. The van der Waals surface area contributed by atoms with Crippen molar-refractivity contribution in [2.45, 2.75) is 19.3 Å². The number of Topliss-reactive ketones (excluding diaryl/α,β-unsaturated/α-hetero) is 1. The van der Waals surface area contributed by atoms with E-state index in [-0.39, 0.29) is 36.2 Å². The average molecular weight is 310 g/mol. The SMILES string of the molecule is O=C(O)CCC(=O)Cc1c2c(cc3ccccc13)C(=O)[N]C2=O. The van der Waals surface area contributed by atoms with Gasteiger partial charge >= 0.3 is 5.97 Å².